The third-order valence-corrected chi connectivity index (χ3v) is 0.402. The van der Waals surface area contributed by atoms with E-state index in [-0.39, 0.29) is 0 Å². The number of amides is 2. The van der Waals surface area contributed by atoms with Crippen LogP contribution in [0.25, 0.3) is 0 Å². The summed E-state index contributed by atoms with van der Waals surface area (Å²) >= 11 is 0. The quantitative estimate of drug-likeness (QED) is 0.221. The first kappa shape index (κ1) is 16.7. The molecule has 0 aliphatic rings. The van der Waals surface area contributed by atoms with Crippen LogP contribution in [0.1, 0.15) is 0 Å². The fraction of sp³-hybridized carbons (Fsp3) is 0. The lowest BCUT2D eigenvalue weighted by Gasteiger charge is -1.65. The topological polar surface area (TPSA) is 138 Å². The molecule has 0 radical (unpaired) electrons. The lowest BCUT2D eigenvalue weighted by atomic mass is 10.6. The molecule has 0 aromatic rings. The molecule has 0 fully saturated rings. The number of rotatable bonds is 2. The molecular weight excluding hydrogens is 160 g/mol. The van der Waals surface area contributed by atoms with Gasteiger partial charge in [0.1, 0.15) is 0 Å². The summed E-state index contributed by atoms with van der Waals surface area (Å²) in [5.41, 5.74) is 9.07. The molecule has 0 aromatic heterocycles. The fourth-order valence-corrected chi connectivity index (χ4v) is 0. The van der Waals surface area contributed by atoms with E-state index in [1.54, 1.807) is 0 Å². The normalized spacial score (nSPS) is 5.83. The van der Waals surface area contributed by atoms with Crippen LogP contribution in [0.4, 0.5) is 0 Å². The van der Waals surface area contributed by atoms with Gasteiger partial charge >= 0.3 is 0 Å². The Morgan fingerprint density at radius 1 is 0.917 bits per heavy atom. The SMILES string of the molecule is C=CC(N)=O.C=CC(N)=O.NN. The Bertz CT molecular complexity index is 138. The maximum Gasteiger partial charge on any atom is 0.240 e. The van der Waals surface area contributed by atoms with Crippen molar-refractivity contribution >= 4 is 11.8 Å². The van der Waals surface area contributed by atoms with Crippen molar-refractivity contribution < 1.29 is 9.59 Å². The maximum atomic E-state index is 9.47. The van der Waals surface area contributed by atoms with Crippen molar-refractivity contribution in [2.45, 2.75) is 0 Å². The largest absolute Gasteiger partial charge is 0.366 e. The van der Waals surface area contributed by atoms with Crippen molar-refractivity contribution in [1.29, 1.82) is 0 Å². The number of hydrogen-bond donors (Lipinski definition) is 4. The van der Waals surface area contributed by atoms with E-state index in [1.165, 1.54) is 0 Å². The summed E-state index contributed by atoms with van der Waals surface area (Å²) in [6.45, 7) is 6.17. The van der Waals surface area contributed by atoms with E-state index in [9.17, 15) is 9.59 Å². The third kappa shape index (κ3) is 82.1. The first-order chi connectivity index (χ1) is 5.54. The summed E-state index contributed by atoms with van der Waals surface area (Å²) in [6.07, 6.45) is 2.11. The standard InChI is InChI=1S/2C3H5NO.H4N2/c2*1-2-3(4)5;1-2/h2*2H,1H2,(H2,4,5);1-2H2. The van der Waals surface area contributed by atoms with Crippen LogP contribution in [-0.2, 0) is 9.59 Å². The van der Waals surface area contributed by atoms with Gasteiger partial charge in [-0.05, 0) is 12.2 Å². The summed E-state index contributed by atoms with van der Waals surface area (Å²) in [5.74, 6) is 7.04. The Labute approximate surface area is 70.8 Å². The van der Waals surface area contributed by atoms with E-state index in [0.29, 0.717) is 0 Å². The average Bonchev–Trinajstić information content (AvgIpc) is 2.09. The van der Waals surface area contributed by atoms with Gasteiger partial charge in [-0.25, -0.2) is 0 Å². The molecule has 0 rings (SSSR count). The number of hydrogen-bond acceptors (Lipinski definition) is 4. The van der Waals surface area contributed by atoms with Gasteiger partial charge in [-0.3, -0.25) is 21.3 Å². The van der Waals surface area contributed by atoms with E-state index >= 15 is 0 Å². The van der Waals surface area contributed by atoms with Crippen LogP contribution in [0.15, 0.2) is 25.3 Å². The molecular formula is C6H14N4O2. The van der Waals surface area contributed by atoms with Crippen LogP contribution < -0.4 is 23.2 Å². The summed E-state index contributed by atoms with van der Waals surface area (Å²) in [7, 11) is 0. The number of nitrogens with two attached hydrogens (primary N) is 4. The number of primary amides is 2. The fourth-order valence-electron chi connectivity index (χ4n) is 0. The van der Waals surface area contributed by atoms with Crippen molar-refractivity contribution in [1.82, 2.24) is 0 Å². The predicted molar refractivity (Wildman–Crippen MR) is 47.2 cm³/mol. The molecule has 70 valence electrons. The lowest BCUT2D eigenvalue weighted by molar-refractivity contribution is -0.114. The Morgan fingerprint density at radius 3 is 1.00 bits per heavy atom. The highest BCUT2D eigenvalue weighted by molar-refractivity contribution is 5.85. The lowest BCUT2D eigenvalue weighted by Crippen LogP contribution is -2.04. The van der Waals surface area contributed by atoms with Gasteiger partial charge in [0.2, 0.25) is 11.8 Å². The molecule has 8 N–H and O–H groups in total. The Morgan fingerprint density at radius 2 is 1.00 bits per heavy atom. The average molecular weight is 174 g/mol. The number of carbonyl (C=O) groups is 2. The first-order valence-electron chi connectivity index (χ1n) is 2.71. The third-order valence-electron chi connectivity index (χ3n) is 0.402. The van der Waals surface area contributed by atoms with Crippen LogP contribution in [0.2, 0.25) is 0 Å². The molecule has 6 heteroatoms. The molecule has 12 heavy (non-hydrogen) atoms. The number of carbonyl (C=O) groups excluding carboxylic acids is 2. The highest BCUT2D eigenvalue weighted by Crippen LogP contribution is 1.49. The molecule has 0 saturated carbocycles. The monoisotopic (exact) mass is 174 g/mol. The number of hydrazine groups is 1. The molecule has 0 unspecified atom stereocenters. The molecule has 2 amide bonds. The Hall–Kier alpha value is -1.66. The van der Waals surface area contributed by atoms with Gasteiger partial charge in [0, 0.05) is 0 Å². The summed E-state index contributed by atoms with van der Waals surface area (Å²) in [6, 6.07) is 0. The van der Waals surface area contributed by atoms with Gasteiger partial charge in [-0.1, -0.05) is 13.2 Å². The van der Waals surface area contributed by atoms with Crippen molar-refractivity contribution in [3.05, 3.63) is 25.3 Å². The first-order valence-corrected chi connectivity index (χ1v) is 2.71. The van der Waals surface area contributed by atoms with Gasteiger partial charge in [-0.2, -0.15) is 0 Å². The van der Waals surface area contributed by atoms with Crippen LogP contribution >= 0.6 is 0 Å². The zero-order valence-electron chi connectivity index (χ0n) is 6.69. The second-order valence-corrected chi connectivity index (χ2v) is 1.21. The van der Waals surface area contributed by atoms with Gasteiger partial charge in [0.05, 0.1) is 0 Å². The predicted octanol–water partition coefficient (Wildman–Crippen LogP) is -1.87. The van der Waals surface area contributed by atoms with Crippen molar-refractivity contribution in [3.8, 4) is 0 Å². The smallest absolute Gasteiger partial charge is 0.240 e. The minimum Gasteiger partial charge on any atom is -0.366 e. The van der Waals surface area contributed by atoms with Crippen LogP contribution in [0.5, 0.6) is 0 Å². The highest BCUT2D eigenvalue weighted by atomic mass is 16.1. The van der Waals surface area contributed by atoms with E-state index in [2.05, 4.69) is 36.3 Å². The second kappa shape index (κ2) is 16.2. The van der Waals surface area contributed by atoms with Crippen LogP contribution in [0, 0.1) is 0 Å². The molecule has 0 aliphatic carbocycles. The maximum absolute atomic E-state index is 9.47. The molecule has 0 bridgehead atoms. The van der Waals surface area contributed by atoms with Gasteiger partial charge in [0.25, 0.3) is 0 Å². The molecule has 0 spiro atoms. The molecule has 0 aromatic carbocycles. The summed E-state index contributed by atoms with van der Waals surface area (Å²) < 4.78 is 0. The van der Waals surface area contributed by atoms with E-state index in [0.717, 1.165) is 12.2 Å². The van der Waals surface area contributed by atoms with E-state index in [4.69, 9.17) is 0 Å². The highest BCUT2D eigenvalue weighted by Gasteiger charge is 1.69. The molecule has 0 heterocycles. The van der Waals surface area contributed by atoms with Crippen molar-refractivity contribution in [2.75, 3.05) is 0 Å². The Kier molecular flexibility index (Phi) is 22.5. The molecule has 6 nitrogen and oxygen atoms in total. The molecule has 0 aliphatic heterocycles. The Balaban J connectivity index is -0.000000112. The minimum atomic E-state index is -0.481. The molecule has 0 atom stereocenters. The van der Waals surface area contributed by atoms with Crippen molar-refractivity contribution in [3.63, 3.8) is 0 Å². The van der Waals surface area contributed by atoms with Gasteiger partial charge in [0.15, 0.2) is 0 Å². The van der Waals surface area contributed by atoms with E-state index < -0.39 is 11.8 Å². The zero-order chi connectivity index (χ0) is 10.6. The van der Waals surface area contributed by atoms with Crippen molar-refractivity contribution in [2.24, 2.45) is 23.2 Å². The summed E-state index contributed by atoms with van der Waals surface area (Å²) in [5, 5.41) is 0. The second-order valence-electron chi connectivity index (χ2n) is 1.21. The van der Waals surface area contributed by atoms with Crippen LogP contribution in [0.3, 0.4) is 0 Å². The van der Waals surface area contributed by atoms with Crippen LogP contribution in [-0.4, -0.2) is 11.8 Å². The summed E-state index contributed by atoms with van der Waals surface area (Å²) in [4.78, 5) is 18.9. The molecule has 0 saturated heterocycles. The van der Waals surface area contributed by atoms with E-state index in [1.807, 2.05) is 0 Å². The van der Waals surface area contributed by atoms with Gasteiger partial charge in [-0.15, -0.1) is 0 Å². The minimum absolute atomic E-state index is 0.481. The van der Waals surface area contributed by atoms with Gasteiger partial charge < -0.3 is 11.5 Å². The zero-order valence-corrected chi connectivity index (χ0v) is 6.69.